The summed E-state index contributed by atoms with van der Waals surface area (Å²) in [6.07, 6.45) is 0.213. The number of benzene rings is 1. The van der Waals surface area contributed by atoms with Gasteiger partial charge in [0.25, 0.3) is 0 Å². The molecule has 1 aromatic carbocycles. The lowest BCUT2D eigenvalue weighted by atomic mass is 10.1. The van der Waals surface area contributed by atoms with Crippen molar-refractivity contribution in [3.8, 4) is 0 Å². The van der Waals surface area contributed by atoms with Gasteiger partial charge in [0.1, 0.15) is 6.54 Å². The van der Waals surface area contributed by atoms with Crippen molar-refractivity contribution >= 4 is 17.6 Å². The van der Waals surface area contributed by atoms with Gasteiger partial charge in [-0.1, -0.05) is 12.1 Å². The van der Waals surface area contributed by atoms with E-state index in [9.17, 15) is 9.59 Å². The first-order chi connectivity index (χ1) is 8.15. The van der Waals surface area contributed by atoms with E-state index in [1.54, 1.807) is 12.1 Å². The summed E-state index contributed by atoms with van der Waals surface area (Å²) in [4.78, 5) is 22.0. The molecule has 0 atom stereocenters. The van der Waals surface area contributed by atoms with Crippen LogP contribution in [0.5, 0.6) is 0 Å². The minimum atomic E-state index is -0.344. The number of hydrogen-bond acceptors (Lipinski definition) is 5. The number of ether oxygens (including phenoxy) is 2. The molecule has 5 nitrogen and oxygen atoms in total. The highest BCUT2D eigenvalue weighted by molar-refractivity contribution is 5.75. The van der Waals surface area contributed by atoms with Gasteiger partial charge < -0.3 is 14.8 Å². The van der Waals surface area contributed by atoms with Crippen LogP contribution in [-0.2, 0) is 25.5 Å². The van der Waals surface area contributed by atoms with Gasteiger partial charge in [-0.3, -0.25) is 9.59 Å². The minimum Gasteiger partial charge on any atom is -0.469 e. The van der Waals surface area contributed by atoms with Crippen LogP contribution < -0.4 is 5.32 Å². The van der Waals surface area contributed by atoms with Crippen molar-refractivity contribution in [3.05, 3.63) is 29.8 Å². The smallest absolute Gasteiger partial charge is 0.325 e. The molecule has 5 heteroatoms. The number of hydrogen-bond donors (Lipinski definition) is 1. The highest BCUT2D eigenvalue weighted by Gasteiger charge is 2.04. The van der Waals surface area contributed by atoms with Crippen LogP contribution in [0, 0.1) is 0 Å². The van der Waals surface area contributed by atoms with Crippen LogP contribution >= 0.6 is 0 Å². The fourth-order valence-corrected chi connectivity index (χ4v) is 1.28. The molecule has 0 unspecified atom stereocenters. The number of esters is 2. The van der Waals surface area contributed by atoms with Gasteiger partial charge in [0, 0.05) is 5.69 Å². The molecule has 0 radical (unpaired) electrons. The zero-order valence-electron chi connectivity index (χ0n) is 9.86. The number of rotatable bonds is 5. The maximum absolute atomic E-state index is 11.1. The summed E-state index contributed by atoms with van der Waals surface area (Å²) in [7, 11) is 2.68. The Hall–Kier alpha value is -2.04. The number of nitrogens with one attached hydrogen (secondary N) is 1. The van der Waals surface area contributed by atoms with E-state index >= 15 is 0 Å². The van der Waals surface area contributed by atoms with Crippen molar-refractivity contribution in [1.82, 2.24) is 0 Å². The van der Waals surface area contributed by atoms with Crippen molar-refractivity contribution in [2.24, 2.45) is 0 Å². The van der Waals surface area contributed by atoms with Crippen LogP contribution in [0.4, 0.5) is 5.69 Å². The molecule has 0 aliphatic rings. The Morgan fingerprint density at radius 1 is 1.18 bits per heavy atom. The van der Waals surface area contributed by atoms with Gasteiger partial charge in [-0.15, -0.1) is 0 Å². The van der Waals surface area contributed by atoms with E-state index in [2.05, 4.69) is 14.8 Å². The second-order valence-electron chi connectivity index (χ2n) is 3.38. The lowest BCUT2D eigenvalue weighted by Crippen LogP contribution is -2.15. The summed E-state index contributed by atoms with van der Waals surface area (Å²) in [5.41, 5.74) is 1.59. The van der Waals surface area contributed by atoms with E-state index in [4.69, 9.17) is 0 Å². The first kappa shape index (κ1) is 13.0. The molecule has 0 bridgehead atoms. The van der Waals surface area contributed by atoms with Crippen LogP contribution in [0.15, 0.2) is 24.3 Å². The maximum Gasteiger partial charge on any atom is 0.325 e. The third kappa shape index (κ3) is 4.55. The summed E-state index contributed by atoms with van der Waals surface area (Å²) in [6, 6.07) is 7.22. The number of methoxy groups -OCH3 is 2. The topological polar surface area (TPSA) is 64.6 Å². The second kappa shape index (κ2) is 6.52. The van der Waals surface area contributed by atoms with E-state index in [0.717, 1.165) is 11.3 Å². The van der Waals surface area contributed by atoms with E-state index < -0.39 is 0 Å². The standard InChI is InChI=1S/C12H15NO4/c1-16-11(14)7-9-4-3-5-10(6-9)13-8-12(15)17-2/h3-6,13H,7-8H2,1-2H3. The van der Waals surface area contributed by atoms with E-state index in [0.29, 0.717) is 0 Å². The SMILES string of the molecule is COC(=O)CNc1cccc(CC(=O)OC)c1. The Morgan fingerprint density at radius 2 is 1.88 bits per heavy atom. The number of anilines is 1. The molecule has 1 aromatic rings. The largest absolute Gasteiger partial charge is 0.469 e. The summed E-state index contributed by atoms with van der Waals surface area (Å²) in [6.45, 7) is 0.0954. The third-order valence-electron chi connectivity index (χ3n) is 2.17. The molecular formula is C12H15NO4. The first-order valence-corrected chi connectivity index (χ1v) is 5.12. The van der Waals surface area contributed by atoms with E-state index in [-0.39, 0.29) is 24.9 Å². The average molecular weight is 237 g/mol. The van der Waals surface area contributed by atoms with Gasteiger partial charge in [-0.2, -0.15) is 0 Å². The monoisotopic (exact) mass is 237 g/mol. The summed E-state index contributed by atoms with van der Waals surface area (Å²) in [5, 5.41) is 2.90. The molecule has 0 fully saturated rings. The quantitative estimate of drug-likeness (QED) is 0.773. The number of carbonyl (C=O) groups excluding carboxylic acids is 2. The van der Waals surface area contributed by atoms with Crippen molar-refractivity contribution in [1.29, 1.82) is 0 Å². The van der Waals surface area contributed by atoms with Crippen molar-refractivity contribution < 1.29 is 19.1 Å². The highest BCUT2D eigenvalue weighted by Crippen LogP contribution is 2.11. The third-order valence-corrected chi connectivity index (χ3v) is 2.17. The van der Waals surface area contributed by atoms with Gasteiger partial charge in [0.15, 0.2) is 0 Å². The van der Waals surface area contributed by atoms with Crippen LogP contribution in [0.1, 0.15) is 5.56 Å². The predicted molar refractivity (Wildman–Crippen MR) is 62.7 cm³/mol. The molecule has 1 N–H and O–H groups in total. The molecular weight excluding hydrogens is 222 g/mol. The van der Waals surface area contributed by atoms with Gasteiger partial charge in [-0.25, -0.2) is 0 Å². The fourth-order valence-electron chi connectivity index (χ4n) is 1.28. The lowest BCUT2D eigenvalue weighted by molar-refractivity contribution is -0.140. The first-order valence-electron chi connectivity index (χ1n) is 5.12. The van der Waals surface area contributed by atoms with E-state index in [1.165, 1.54) is 14.2 Å². The van der Waals surface area contributed by atoms with Crippen molar-refractivity contribution in [2.45, 2.75) is 6.42 Å². The Labute approximate surface area is 99.7 Å². The Bertz CT molecular complexity index is 403. The summed E-state index contributed by atoms with van der Waals surface area (Å²) >= 11 is 0. The van der Waals surface area contributed by atoms with Gasteiger partial charge >= 0.3 is 11.9 Å². The molecule has 0 spiro atoms. The Balaban J connectivity index is 2.59. The minimum absolute atomic E-state index is 0.0954. The molecule has 0 aliphatic heterocycles. The van der Waals surface area contributed by atoms with Gasteiger partial charge in [-0.05, 0) is 17.7 Å². The van der Waals surface area contributed by atoms with Crippen LogP contribution in [0.2, 0.25) is 0 Å². The highest BCUT2D eigenvalue weighted by atomic mass is 16.5. The fraction of sp³-hybridized carbons (Fsp3) is 0.333. The summed E-state index contributed by atoms with van der Waals surface area (Å²) in [5.74, 6) is -0.640. The maximum atomic E-state index is 11.1. The average Bonchev–Trinajstić information content (AvgIpc) is 2.36. The van der Waals surface area contributed by atoms with Gasteiger partial charge in [0.05, 0.1) is 20.6 Å². The molecule has 17 heavy (non-hydrogen) atoms. The van der Waals surface area contributed by atoms with Crippen molar-refractivity contribution in [3.63, 3.8) is 0 Å². The summed E-state index contributed by atoms with van der Waals surface area (Å²) < 4.78 is 9.08. The van der Waals surface area contributed by atoms with Crippen LogP contribution in [0.3, 0.4) is 0 Å². The van der Waals surface area contributed by atoms with Crippen molar-refractivity contribution in [2.75, 3.05) is 26.1 Å². The van der Waals surface area contributed by atoms with Crippen LogP contribution in [-0.4, -0.2) is 32.7 Å². The predicted octanol–water partition coefficient (Wildman–Crippen LogP) is 0.987. The molecule has 0 aliphatic carbocycles. The molecule has 1 rings (SSSR count). The zero-order chi connectivity index (χ0) is 12.7. The zero-order valence-corrected chi connectivity index (χ0v) is 9.86. The second-order valence-corrected chi connectivity index (χ2v) is 3.38. The molecule has 0 amide bonds. The molecule has 92 valence electrons. The Kier molecular flexibility index (Phi) is 5.00. The molecule has 0 saturated heterocycles. The molecule has 0 aromatic heterocycles. The van der Waals surface area contributed by atoms with E-state index in [1.807, 2.05) is 12.1 Å². The Morgan fingerprint density at radius 3 is 2.53 bits per heavy atom. The van der Waals surface area contributed by atoms with Gasteiger partial charge in [0.2, 0.25) is 0 Å². The number of carbonyl (C=O) groups is 2. The van der Waals surface area contributed by atoms with Crippen LogP contribution in [0.25, 0.3) is 0 Å². The lowest BCUT2D eigenvalue weighted by Gasteiger charge is -2.06. The normalized spacial score (nSPS) is 9.53. The molecule has 0 saturated carbocycles. The molecule has 0 heterocycles.